The number of carbonyl (C=O) groups is 5. The van der Waals surface area contributed by atoms with E-state index < -0.39 is 97.9 Å². The lowest BCUT2D eigenvalue weighted by atomic mass is 9.79. The number of aliphatic hydroxyl groups excluding tert-OH is 1. The molecule has 6 rings (SSSR count). The maximum absolute atomic E-state index is 14.4. The first-order valence-electron chi connectivity index (χ1n) is 19.4. The van der Waals surface area contributed by atoms with Crippen LogP contribution in [0.15, 0.2) is 83.4 Å². The summed E-state index contributed by atoms with van der Waals surface area (Å²) in [6, 6.07) is 13.1. The number of nitro groups is 3. The molecule has 7 atom stereocenters. The van der Waals surface area contributed by atoms with Crippen LogP contribution in [0.1, 0.15) is 43.9 Å². The third-order valence-electron chi connectivity index (χ3n) is 11.4. The molecule has 2 fully saturated rings. The molecule has 22 nitrogen and oxygen atoms in total. The number of nitrogens with zero attached hydrogens (tertiary/aromatic N) is 6. The molecule has 1 unspecified atom stereocenters. The molecule has 2 saturated heterocycles. The van der Waals surface area contributed by atoms with E-state index >= 15 is 0 Å². The maximum atomic E-state index is 14.4. The minimum absolute atomic E-state index is 0.0618. The van der Waals surface area contributed by atoms with Crippen LogP contribution in [0, 0.1) is 42.2 Å². The monoisotopic (exact) mass is 892 g/mol. The van der Waals surface area contributed by atoms with Crippen LogP contribution in [-0.2, 0) is 43.6 Å². The average molecular weight is 893 g/mol. The van der Waals surface area contributed by atoms with Crippen LogP contribution < -0.4 is 5.73 Å². The normalized spacial score (nSPS) is 23.0. The van der Waals surface area contributed by atoms with Gasteiger partial charge in [0.2, 0.25) is 5.91 Å². The van der Waals surface area contributed by atoms with Crippen molar-refractivity contribution in [3.05, 3.63) is 130 Å². The number of non-ortho nitro benzene ring substituents is 3. The molecule has 0 aromatic heterocycles. The van der Waals surface area contributed by atoms with Gasteiger partial charge in [0, 0.05) is 53.6 Å². The highest BCUT2D eigenvalue weighted by atomic mass is 32.2. The molecule has 0 saturated carbocycles. The number of quaternary nitrogens is 1. The topological polar surface area (TPSA) is 295 Å². The SMILES string of the molecule is C[C@@H](O)[C@H]1C(=O)N2C(C(=O)OCc3ccc([N+](=O)[O-])cc3)=C(S[C@H]3C[C@H](C)[N+](CN(C(N)=O)C(=O)OCc4ccc([N+](=O)[O-])cc4)(C(=O)OCc4ccc([N+](=O)[O-])cc4)C3)[C@H](C)[C@H]12. The summed E-state index contributed by atoms with van der Waals surface area (Å²) in [4.78, 5) is 102. The molecule has 0 spiro atoms. The van der Waals surface area contributed by atoms with E-state index in [-0.39, 0.29) is 48.9 Å². The van der Waals surface area contributed by atoms with E-state index in [1.807, 2.05) is 0 Å². The van der Waals surface area contributed by atoms with Crippen LogP contribution in [0.2, 0.25) is 0 Å². The lowest BCUT2D eigenvalue weighted by molar-refractivity contribution is -0.875. The van der Waals surface area contributed by atoms with Gasteiger partial charge in [0.15, 0.2) is 6.67 Å². The Kier molecular flexibility index (Phi) is 13.4. The summed E-state index contributed by atoms with van der Waals surface area (Å²) in [5, 5.41) is 43.4. The standard InChI is InChI=1S/C40H41N7O15S/c1-22-16-31(63-35-23(2)33-32(24(3)48)36(49)43(33)34(35)37(50)60-18-25-4-10-28(11-5-25)44(54)55)17-47(22,40(53)62-20-27-8-14-30(15-9-27)46(58)59)21-42(38(41)51)39(52)61-19-26-6-12-29(13-7-26)45(56)57/h4-15,22-24,31-33,48H,16-21H2,1-3H3,(H-,41,51)/p+1/t22-,23+,24+,31-,32+,33+,47?/m0/s1. The number of nitro benzene ring substituents is 3. The molecule has 3 aromatic carbocycles. The van der Waals surface area contributed by atoms with E-state index in [1.165, 1.54) is 96.4 Å². The fraction of sp³-hybridized carbons (Fsp3) is 0.375. The molecule has 0 aliphatic carbocycles. The maximum Gasteiger partial charge on any atom is 0.518 e. The van der Waals surface area contributed by atoms with E-state index in [4.69, 9.17) is 19.9 Å². The highest BCUT2D eigenvalue weighted by molar-refractivity contribution is 8.03. The smallest absolute Gasteiger partial charge is 0.456 e. The van der Waals surface area contributed by atoms with E-state index in [0.717, 1.165) is 0 Å². The van der Waals surface area contributed by atoms with Crippen molar-refractivity contribution < 1.29 is 62.5 Å². The number of β-lactam (4-membered cyclic amide) rings is 1. The zero-order valence-electron chi connectivity index (χ0n) is 34.0. The molecule has 0 radical (unpaired) electrons. The third-order valence-corrected chi connectivity index (χ3v) is 12.8. The van der Waals surface area contributed by atoms with Gasteiger partial charge in [0.25, 0.3) is 17.1 Å². The summed E-state index contributed by atoms with van der Waals surface area (Å²) in [5.41, 5.74) is 6.26. The Hall–Kier alpha value is -6.98. The number of hydrogen-bond acceptors (Lipinski definition) is 16. The van der Waals surface area contributed by atoms with Gasteiger partial charge < -0.3 is 30.0 Å². The zero-order chi connectivity index (χ0) is 45.9. The molecule has 3 heterocycles. The highest BCUT2D eigenvalue weighted by Gasteiger charge is 2.62. The number of aliphatic hydroxyl groups is 1. The highest BCUT2D eigenvalue weighted by Crippen LogP contribution is 2.53. The number of amides is 5. The van der Waals surface area contributed by atoms with Crippen LogP contribution in [0.3, 0.4) is 0 Å². The molecule has 3 aliphatic rings. The summed E-state index contributed by atoms with van der Waals surface area (Å²) in [5.74, 6) is -2.70. The summed E-state index contributed by atoms with van der Waals surface area (Å²) < 4.78 is 16.0. The van der Waals surface area contributed by atoms with Gasteiger partial charge in [-0.1, -0.05) is 6.92 Å². The molecule has 63 heavy (non-hydrogen) atoms. The van der Waals surface area contributed by atoms with Crippen LogP contribution in [0.25, 0.3) is 0 Å². The number of esters is 1. The number of primary amides is 1. The van der Waals surface area contributed by atoms with Gasteiger partial charge in [-0.3, -0.25) is 35.1 Å². The summed E-state index contributed by atoms with van der Waals surface area (Å²) in [6.07, 6.45) is -2.96. The summed E-state index contributed by atoms with van der Waals surface area (Å²) in [7, 11) is 0. The number of rotatable bonds is 15. The molecular formula is C40H42N7O15S+. The average Bonchev–Trinajstić information content (AvgIpc) is 3.69. The second-order valence-electron chi connectivity index (χ2n) is 15.4. The number of fused-ring (bicyclic) bond motifs is 1. The van der Waals surface area contributed by atoms with E-state index in [2.05, 4.69) is 0 Å². The van der Waals surface area contributed by atoms with Crippen molar-refractivity contribution in [1.82, 2.24) is 9.80 Å². The van der Waals surface area contributed by atoms with Crippen LogP contribution in [-0.4, -0.2) is 101 Å². The molecule has 3 N–H and O–H groups in total. The fourth-order valence-corrected chi connectivity index (χ4v) is 9.69. The van der Waals surface area contributed by atoms with Crippen molar-refractivity contribution in [2.45, 2.75) is 70.5 Å². The van der Waals surface area contributed by atoms with Crippen LogP contribution in [0.4, 0.5) is 31.4 Å². The molecule has 332 valence electrons. The number of imide groups is 1. The molecular weight excluding hydrogens is 851 g/mol. The number of ether oxygens (including phenoxy) is 3. The Morgan fingerprint density at radius 2 is 1.29 bits per heavy atom. The van der Waals surface area contributed by atoms with Gasteiger partial charge in [0.1, 0.15) is 32.1 Å². The number of hydrogen-bond donors (Lipinski definition) is 2. The van der Waals surface area contributed by atoms with E-state index in [9.17, 15) is 59.4 Å². The van der Waals surface area contributed by atoms with E-state index in [1.54, 1.807) is 13.8 Å². The number of nitrogens with two attached hydrogens (primary N) is 1. The van der Waals surface area contributed by atoms with Crippen molar-refractivity contribution in [2.24, 2.45) is 17.6 Å². The molecule has 3 aliphatic heterocycles. The summed E-state index contributed by atoms with van der Waals surface area (Å²) in [6.45, 7) is 3.08. The number of likely N-dealkylation sites (tertiary alicyclic amines) is 1. The Bertz CT molecular complexity index is 2360. The quantitative estimate of drug-likeness (QED) is 0.0492. The van der Waals surface area contributed by atoms with Gasteiger partial charge in [-0.15, -0.1) is 11.8 Å². The van der Waals surface area contributed by atoms with E-state index in [0.29, 0.717) is 26.5 Å². The van der Waals surface area contributed by atoms with Crippen molar-refractivity contribution in [1.29, 1.82) is 0 Å². The lowest BCUT2D eigenvalue weighted by Gasteiger charge is -2.46. The van der Waals surface area contributed by atoms with Gasteiger partial charge in [0.05, 0.1) is 44.1 Å². The minimum Gasteiger partial charge on any atom is -0.456 e. The van der Waals surface area contributed by atoms with Gasteiger partial charge >= 0.3 is 24.2 Å². The predicted octanol–water partition coefficient (Wildman–Crippen LogP) is 5.25. The van der Waals surface area contributed by atoms with Gasteiger partial charge in [-0.25, -0.2) is 18.9 Å². The lowest BCUT2D eigenvalue weighted by Crippen LogP contribution is -2.63. The molecule has 0 bridgehead atoms. The first-order valence-corrected chi connectivity index (χ1v) is 20.3. The number of thioether (sulfide) groups is 1. The zero-order valence-corrected chi connectivity index (χ0v) is 34.8. The molecule has 23 heteroatoms. The van der Waals surface area contributed by atoms with Crippen LogP contribution >= 0.6 is 11.8 Å². The number of carbonyl (C=O) groups excluding carboxylic acids is 5. The second-order valence-corrected chi connectivity index (χ2v) is 16.7. The van der Waals surface area contributed by atoms with Crippen LogP contribution in [0.5, 0.6) is 0 Å². The largest absolute Gasteiger partial charge is 0.518 e. The molecule has 5 amide bonds. The van der Waals surface area contributed by atoms with Crippen molar-refractivity contribution in [3.63, 3.8) is 0 Å². The minimum atomic E-state index is -1.27. The number of urea groups is 1. The Balaban J connectivity index is 1.28. The number of benzene rings is 3. The predicted molar refractivity (Wildman–Crippen MR) is 218 cm³/mol. The van der Waals surface area contributed by atoms with Gasteiger partial charge in [-0.05, 0) is 66.9 Å². The van der Waals surface area contributed by atoms with Crippen molar-refractivity contribution in [3.8, 4) is 0 Å². The first kappa shape index (κ1) is 45.5. The van der Waals surface area contributed by atoms with Crippen molar-refractivity contribution in [2.75, 3.05) is 13.2 Å². The van der Waals surface area contributed by atoms with Gasteiger partial charge in [-0.2, -0.15) is 9.69 Å². The summed E-state index contributed by atoms with van der Waals surface area (Å²) >= 11 is 1.19. The first-order chi connectivity index (χ1) is 29.8. The fourth-order valence-electron chi connectivity index (χ4n) is 7.97. The third kappa shape index (κ3) is 9.44. The Labute approximate surface area is 362 Å². The Morgan fingerprint density at radius 1 is 0.825 bits per heavy atom. The second kappa shape index (κ2) is 18.6. The Morgan fingerprint density at radius 3 is 1.73 bits per heavy atom. The molecule has 3 aromatic rings. The van der Waals surface area contributed by atoms with Crippen molar-refractivity contribution >= 4 is 58.9 Å².